The molecule has 39 heavy (non-hydrogen) atoms. The van der Waals surface area contributed by atoms with Crippen molar-refractivity contribution in [3.63, 3.8) is 0 Å². The van der Waals surface area contributed by atoms with Crippen molar-refractivity contribution in [2.75, 3.05) is 10.8 Å². The number of sulfonamides is 1. The molecule has 0 aliphatic rings. The van der Waals surface area contributed by atoms with E-state index >= 15 is 0 Å². The number of aryl methyl sites for hydroxylation is 1. The van der Waals surface area contributed by atoms with Crippen LogP contribution in [0.25, 0.3) is 0 Å². The Morgan fingerprint density at radius 2 is 1.54 bits per heavy atom. The van der Waals surface area contributed by atoms with Crippen LogP contribution in [0.4, 0.5) is 5.69 Å². The summed E-state index contributed by atoms with van der Waals surface area (Å²) in [7, 11) is -4.16. The van der Waals surface area contributed by atoms with E-state index in [9.17, 15) is 18.0 Å². The Balaban J connectivity index is 2.07. The van der Waals surface area contributed by atoms with Crippen molar-refractivity contribution in [3.05, 3.63) is 94.5 Å². The molecule has 3 rings (SSSR count). The molecule has 0 spiro atoms. The first-order chi connectivity index (χ1) is 18.2. The lowest BCUT2D eigenvalue weighted by Crippen LogP contribution is -2.54. The lowest BCUT2D eigenvalue weighted by atomic mass is 10.1. The predicted molar refractivity (Wildman–Crippen MR) is 156 cm³/mol. The fourth-order valence-electron chi connectivity index (χ4n) is 4.05. The highest BCUT2D eigenvalue weighted by Gasteiger charge is 2.34. The Labute approximate surface area is 236 Å². The maximum atomic E-state index is 14.0. The summed E-state index contributed by atoms with van der Waals surface area (Å²) in [4.78, 5) is 28.6. The summed E-state index contributed by atoms with van der Waals surface area (Å²) in [5.74, 6) is -0.857. The third-order valence-corrected chi connectivity index (χ3v) is 8.44. The maximum Gasteiger partial charge on any atom is 0.264 e. The molecule has 7 nitrogen and oxygen atoms in total. The van der Waals surface area contributed by atoms with E-state index in [2.05, 4.69) is 5.32 Å². The topological polar surface area (TPSA) is 86.8 Å². The van der Waals surface area contributed by atoms with E-state index in [0.717, 1.165) is 15.4 Å². The number of rotatable bonds is 9. The van der Waals surface area contributed by atoms with Gasteiger partial charge in [0.2, 0.25) is 11.8 Å². The van der Waals surface area contributed by atoms with Crippen LogP contribution in [0.2, 0.25) is 5.02 Å². The van der Waals surface area contributed by atoms with Crippen LogP contribution in [-0.4, -0.2) is 43.3 Å². The molecule has 9 heteroatoms. The van der Waals surface area contributed by atoms with Crippen LogP contribution in [0.3, 0.4) is 0 Å². The molecule has 0 aliphatic carbocycles. The fourth-order valence-corrected chi connectivity index (χ4v) is 5.70. The third-order valence-electron chi connectivity index (χ3n) is 6.26. The molecule has 208 valence electrons. The normalized spacial score (nSPS) is 12.5. The van der Waals surface area contributed by atoms with Crippen LogP contribution in [0, 0.1) is 13.8 Å². The molecule has 0 saturated heterocycles. The molecule has 0 heterocycles. The summed E-state index contributed by atoms with van der Waals surface area (Å²) in [5.41, 5.74) is 2.03. The highest BCUT2D eigenvalue weighted by molar-refractivity contribution is 7.92. The first-order valence-electron chi connectivity index (χ1n) is 12.7. The maximum absolute atomic E-state index is 14.0. The minimum Gasteiger partial charge on any atom is -0.350 e. The molecule has 2 amide bonds. The lowest BCUT2D eigenvalue weighted by Gasteiger charge is -2.34. The van der Waals surface area contributed by atoms with Gasteiger partial charge in [-0.15, -0.1) is 0 Å². The van der Waals surface area contributed by atoms with Crippen molar-refractivity contribution in [2.45, 2.75) is 64.6 Å². The Hall–Kier alpha value is -3.36. The van der Waals surface area contributed by atoms with Crippen molar-refractivity contribution in [1.29, 1.82) is 0 Å². The second-order valence-corrected chi connectivity index (χ2v) is 12.9. The SMILES string of the molecule is Cc1ccc(S(=O)(=O)N(CC(=O)N(Cc2ccccc2)[C@@H](C)C(=O)NC(C)(C)C)c2cccc(Cl)c2C)cc1. The molecule has 0 bridgehead atoms. The second kappa shape index (κ2) is 12.2. The summed E-state index contributed by atoms with van der Waals surface area (Å²) >= 11 is 6.36. The summed E-state index contributed by atoms with van der Waals surface area (Å²) in [6.07, 6.45) is 0. The van der Waals surface area contributed by atoms with Gasteiger partial charge in [-0.3, -0.25) is 13.9 Å². The number of nitrogens with zero attached hydrogens (tertiary/aromatic N) is 2. The van der Waals surface area contributed by atoms with E-state index in [4.69, 9.17) is 11.6 Å². The van der Waals surface area contributed by atoms with Gasteiger partial charge in [0.25, 0.3) is 10.0 Å². The van der Waals surface area contributed by atoms with E-state index in [1.807, 2.05) is 58.0 Å². The minimum atomic E-state index is -4.16. The highest BCUT2D eigenvalue weighted by atomic mass is 35.5. The van der Waals surface area contributed by atoms with Gasteiger partial charge in [-0.1, -0.05) is 65.7 Å². The highest BCUT2D eigenvalue weighted by Crippen LogP contribution is 2.31. The van der Waals surface area contributed by atoms with Gasteiger partial charge < -0.3 is 10.2 Å². The monoisotopic (exact) mass is 569 g/mol. The number of halogens is 1. The fraction of sp³-hybridized carbons (Fsp3) is 0.333. The van der Waals surface area contributed by atoms with Gasteiger partial charge in [0.1, 0.15) is 12.6 Å². The summed E-state index contributed by atoms with van der Waals surface area (Å²) in [6, 6.07) is 19.8. The zero-order valence-electron chi connectivity index (χ0n) is 23.2. The minimum absolute atomic E-state index is 0.0495. The molecule has 1 atom stereocenters. The van der Waals surface area contributed by atoms with Crippen molar-refractivity contribution in [1.82, 2.24) is 10.2 Å². The number of hydrogen-bond donors (Lipinski definition) is 1. The predicted octanol–water partition coefficient (Wildman–Crippen LogP) is 5.48. The summed E-state index contributed by atoms with van der Waals surface area (Å²) < 4.78 is 29.0. The molecule has 0 saturated carbocycles. The zero-order chi connectivity index (χ0) is 29.0. The van der Waals surface area contributed by atoms with Crippen LogP contribution in [0.5, 0.6) is 0 Å². The van der Waals surface area contributed by atoms with Crippen molar-refractivity contribution < 1.29 is 18.0 Å². The Bertz CT molecular complexity index is 1420. The number of benzene rings is 3. The lowest BCUT2D eigenvalue weighted by molar-refractivity contribution is -0.140. The molecule has 0 unspecified atom stereocenters. The van der Waals surface area contributed by atoms with Gasteiger partial charge in [-0.25, -0.2) is 8.42 Å². The standard InChI is InChI=1S/C30H36ClN3O4S/c1-21-15-17-25(18-16-21)39(37,38)34(27-14-10-13-26(31)22(27)2)20-28(35)33(19-24-11-8-7-9-12-24)23(3)29(36)32-30(4,5)6/h7-18,23H,19-20H2,1-6H3,(H,32,36)/t23-/m0/s1. The molecular formula is C30H36ClN3O4S. The van der Waals surface area contributed by atoms with Gasteiger partial charge in [-0.05, 0) is 76.9 Å². The van der Waals surface area contributed by atoms with Crippen molar-refractivity contribution >= 4 is 39.1 Å². The molecule has 0 fully saturated rings. The van der Waals surface area contributed by atoms with Crippen molar-refractivity contribution in [3.8, 4) is 0 Å². The molecule has 3 aromatic carbocycles. The Morgan fingerprint density at radius 3 is 2.13 bits per heavy atom. The largest absolute Gasteiger partial charge is 0.350 e. The average Bonchev–Trinajstić information content (AvgIpc) is 2.87. The Kier molecular flexibility index (Phi) is 9.46. The number of nitrogens with one attached hydrogen (secondary N) is 1. The smallest absolute Gasteiger partial charge is 0.264 e. The van der Waals surface area contributed by atoms with Crippen LogP contribution in [0.1, 0.15) is 44.4 Å². The number of amides is 2. The summed E-state index contributed by atoms with van der Waals surface area (Å²) in [6.45, 7) is 10.4. The van der Waals surface area contributed by atoms with Crippen molar-refractivity contribution in [2.24, 2.45) is 0 Å². The van der Waals surface area contributed by atoms with E-state index in [0.29, 0.717) is 16.3 Å². The summed E-state index contributed by atoms with van der Waals surface area (Å²) in [5, 5.41) is 3.30. The third kappa shape index (κ3) is 7.61. The Morgan fingerprint density at radius 1 is 0.923 bits per heavy atom. The average molecular weight is 570 g/mol. The van der Waals surface area contributed by atoms with Crippen LogP contribution in [0.15, 0.2) is 77.7 Å². The molecule has 0 aromatic heterocycles. The number of carbonyl (C=O) groups excluding carboxylic acids is 2. The second-order valence-electron chi connectivity index (χ2n) is 10.6. The first kappa shape index (κ1) is 30.2. The zero-order valence-corrected chi connectivity index (χ0v) is 24.8. The van der Waals surface area contributed by atoms with E-state index < -0.39 is 34.1 Å². The first-order valence-corrected chi connectivity index (χ1v) is 14.5. The quantitative estimate of drug-likeness (QED) is 0.369. The molecule has 0 radical (unpaired) electrons. The van der Waals surface area contributed by atoms with Gasteiger partial charge in [-0.2, -0.15) is 0 Å². The van der Waals surface area contributed by atoms with Crippen LogP contribution < -0.4 is 9.62 Å². The van der Waals surface area contributed by atoms with E-state index in [-0.39, 0.29) is 17.3 Å². The van der Waals surface area contributed by atoms with E-state index in [1.54, 1.807) is 44.2 Å². The van der Waals surface area contributed by atoms with Gasteiger partial charge in [0, 0.05) is 17.1 Å². The van der Waals surface area contributed by atoms with Gasteiger partial charge in [0.15, 0.2) is 0 Å². The number of anilines is 1. The molecule has 1 N–H and O–H groups in total. The van der Waals surface area contributed by atoms with Gasteiger partial charge in [0.05, 0.1) is 10.6 Å². The van der Waals surface area contributed by atoms with Crippen LogP contribution >= 0.6 is 11.6 Å². The van der Waals surface area contributed by atoms with E-state index in [1.165, 1.54) is 17.0 Å². The number of hydrogen-bond acceptors (Lipinski definition) is 4. The molecule has 3 aromatic rings. The van der Waals surface area contributed by atoms with Gasteiger partial charge >= 0.3 is 0 Å². The molecule has 0 aliphatic heterocycles. The molecular weight excluding hydrogens is 534 g/mol. The van der Waals surface area contributed by atoms with Crippen LogP contribution in [-0.2, 0) is 26.2 Å². The number of carbonyl (C=O) groups is 2.